The van der Waals surface area contributed by atoms with Crippen molar-refractivity contribution in [3.63, 3.8) is 0 Å². The molecule has 12 heavy (non-hydrogen) atoms. The maximum atomic E-state index is 10.9. The lowest BCUT2D eigenvalue weighted by Crippen LogP contribution is -1.99. The van der Waals surface area contributed by atoms with Gasteiger partial charge in [-0.3, -0.25) is 9.59 Å². The summed E-state index contributed by atoms with van der Waals surface area (Å²) in [5.74, 6) is 0. The summed E-state index contributed by atoms with van der Waals surface area (Å²) in [6.45, 7) is 0. The number of halogens is 2. The predicted molar refractivity (Wildman–Crippen MR) is 55.0 cm³/mol. The van der Waals surface area contributed by atoms with E-state index in [9.17, 15) is 9.59 Å². The molecule has 1 aromatic rings. The van der Waals surface area contributed by atoms with Gasteiger partial charge in [0.25, 0.3) is 5.24 Å². The molecule has 0 aromatic heterocycles. The minimum Gasteiger partial charge on any atom is -0.282 e. The number of hydrogen-bond donors (Lipinski definition) is 0. The van der Waals surface area contributed by atoms with Crippen molar-refractivity contribution < 1.29 is 9.59 Å². The molecule has 4 heteroatoms. The van der Waals surface area contributed by atoms with E-state index in [2.05, 4.69) is 0 Å². The fourth-order valence-corrected chi connectivity index (χ4v) is 1.46. The minimum atomic E-state index is -0.601. The Morgan fingerprint density at radius 2 is 1.67 bits per heavy atom. The van der Waals surface area contributed by atoms with Crippen LogP contribution >= 0.6 is 34.2 Å². The molecule has 0 amide bonds. The summed E-state index contributed by atoms with van der Waals surface area (Å²) in [5, 5.41) is -0.601. The normalized spacial score (nSPS) is 9.50. The summed E-state index contributed by atoms with van der Waals surface area (Å²) in [7, 11) is 0. The van der Waals surface area contributed by atoms with Gasteiger partial charge in [0, 0.05) is 33.7 Å². The molecule has 0 saturated heterocycles. The van der Waals surface area contributed by atoms with Crippen LogP contribution < -0.4 is 0 Å². The molecule has 0 fully saturated rings. The van der Waals surface area contributed by atoms with Crippen LogP contribution in [0.2, 0.25) is 0 Å². The van der Waals surface area contributed by atoms with Gasteiger partial charge >= 0.3 is 0 Å². The van der Waals surface area contributed by atoms with Crippen LogP contribution in [0, 0.1) is 0 Å². The van der Waals surface area contributed by atoms with E-state index in [1.54, 1.807) is 40.8 Å². The van der Waals surface area contributed by atoms with Crippen molar-refractivity contribution in [2.45, 2.75) is 0 Å². The summed E-state index contributed by atoms with van der Waals surface area (Å²) < 4.78 is -0.183. The van der Waals surface area contributed by atoms with Gasteiger partial charge < -0.3 is 0 Å². The fourth-order valence-electron chi connectivity index (χ4n) is 0.826. The summed E-state index contributed by atoms with van der Waals surface area (Å²) in [4.78, 5) is 21.7. The number of carbonyl (C=O) groups is 2. The van der Waals surface area contributed by atoms with Gasteiger partial charge in [-0.05, 0) is 23.7 Å². The van der Waals surface area contributed by atoms with Crippen molar-refractivity contribution in [2.24, 2.45) is 0 Å². The maximum absolute atomic E-state index is 10.9. The van der Waals surface area contributed by atoms with E-state index in [-0.39, 0.29) is 9.35 Å². The highest BCUT2D eigenvalue weighted by molar-refractivity contribution is 14.1. The summed E-state index contributed by atoms with van der Waals surface area (Å²) in [5.41, 5.74) is 0.622. The Balaban J connectivity index is 3.27. The van der Waals surface area contributed by atoms with Crippen molar-refractivity contribution in [2.75, 3.05) is 0 Å². The summed E-state index contributed by atoms with van der Waals surface area (Å²) in [6.07, 6.45) is 0. The van der Waals surface area contributed by atoms with Gasteiger partial charge in [0.15, 0.2) is 0 Å². The maximum Gasteiger partial charge on any atom is 0.253 e. The Morgan fingerprint density at radius 3 is 2.00 bits per heavy atom. The molecule has 62 valence electrons. The zero-order valence-corrected chi connectivity index (χ0v) is 8.80. The molecule has 0 aliphatic heterocycles. The molecule has 0 N–H and O–H groups in total. The molecule has 0 atom stereocenters. The summed E-state index contributed by atoms with van der Waals surface area (Å²) in [6, 6.07) is 6.46. The monoisotopic (exact) mass is 294 g/mol. The molecule has 1 rings (SSSR count). The predicted octanol–water partition coefficient (Wildman–Crippen LogP) is 2.64. The summed E-state index contributed by atoms with van der Waals surface area (Å²) >= 11 is 6.88. The standard InChI is InChI=1S/C8H4ClIO2/c9-7(11)5-3-1-2-4-6(5)8(10)12/h1-4H. The van der Waals surface area contributed by atoms with E-state index in [0.29, 0.717) is 5.56 Å². The van der Waals surface area contributed by atoms with Gasteiger partial charge in [0.2, 0.25) is 3.79 Å². The van der Waals surface area contributed by atoms with Crippen molar-refractivity contribution in [1.82, 2.24) is 0 Å². The lowest BCUT2D eigenvalue weighted by molar-refractivity contribution is 0.106. The van der Waals surface area contributed by atoms with Crippen LogP contribution in [-0.2, 0) is 0 Å². The Bertz CT molecular complexity index is 303. The minimum absolute atomic E-state index is 0.183. The number of carbonyl (C=O) groups excluding carboxylic acids is 2. The first-order valence-electron chi connectivity index (χ1n) is 3.11. The van der Waals surface area contributed by atoms with Gasteiger partial charge in [-0.15, -0.1) is 0 Å². The third-order valence-corrected chi connectivity index (χ3v) is 2.14. The molecule has 0 radical (unpaired) electrons. The van der Waals surface area contributed by atoms with E-state index in [4.69, 9.17) is 11.6 Å². The molecule has 1 aromatic carbocycles. The number of benzene rings is 1. The molecule has 0 bridgehead atoms. The third kappa shape index (κ3) is 2.04. The zero-order chi connectivity index (χ0) is 9.14. The molecule has 0 unspecified atom stereocenters. The van der Waals surface area contributed by atoms with Crippen LogP contribution in [0.1, 0.15) is 20.7 Å². The average molecular weight is 294 g/mol. The third-order valence-electron chi connectivity index (χ3n) is 1.35. The van der Waals surface area contributed by atoms with E-state index in [1.165, 1.54) is 6.07 Å². The molecule has 0 aliphatic rings. The van der Waals surface area contributed by atoms with Crippen molar-refractivity contribution in [3.8, 4) is 0 Å². The molecule has 0 spiro atoms. The second-order valence-electron chi connectivity index (χ2n) is 2.09. The Labute approximate surface area is 88.0 Å². The van der Waals surface area contributed by atoms with Crippen molar-refractivity contribution >= 4 is 43.2 Å². The van der Waals surface area contributed by atoms with E-state index < -0.39 is 5.24 Å². The van der Waals surface area contributed by atoms with Gasteiger partial charge in [-0.1, -0.05) is 12.1 Å². The zero-order valence-electron chi connectivity index (χ0n) is 5.88. The second kappa shape index (κ2) is 4.00. The first-order chi connectivity index (χ1) is 5.63. The van der Waals surface area contributed by atoms with Gasteiger partial charge in [0.1, 0.15) is 0 Å². The largest absolute Gasteiger partial charge is 0.282 e. The first kappa shape index (κ1) is 9.67. The van der Waals surface area contributed by atoms with Crippen LogP contribution in [0.5, 0.6) is 0 Å². The molecule has 2 nitrogen and oxygen atoms in total. The van der Waals surface area contributed by atoms with Crippen molar-refractivity contribution in [1.29, 1.82) is 0 Å². The SMILES string of the molecule is O=C(Cl)c1ccccc1C(=O)I. The Kier molecular flexibility index (Phi) is 3.22. The highest BCUT2D eigenvalue weighted by Gasteiger charge is 2.11. The lowest BCUT2D eigenvalue weighted by Gasteiger charge is -1.98. The van der Waals surface area contributed by atoms with Gasteiger partial charge in [0.05, 0.1) is 0 Å². The van der Waals surface area contributed by atoms with E-state index in [0.717, 1.165) is 0 Å². The quantitative estimate of drug-likeness (QED) is 0.621. The molecule has 0 aliphatic carbocycles. The highest BCUT2D eigenvalue weighted by Crippen LogP contribution is 2.14. The van der Waals surface area contributed by atoms with Gasteiger partial charge in [-0.2, -0.15) is 0 Å². The highest BCUT2D eigenvalue weighted by atomic mass is 127. The first-order valence-corrected chi connectivity index (χ1v) is 4.57. The number of hydrogen-bond acceptors (Lipinski definition) is 2. The van der Waals surface area contributed by atoms with Crippen LogP contribution in [0.25, 0.3) is 0 Å². The van der Waals surface area contributed by atoms with E-state index >= 15 is 0 Å². The molecule has 0 heterocycles. The molecule has 0 saturated carbocycles. The molecular formula is C8H4ClIO2. The van der Waals surface area contributed by atoms with E-state index in [1.807, 2.05) is 0 Å². The molecular weight excluding hydrogens is 290 g/mol. The van der Waals surface area contributed by atoms with Gasteiger partial charge in [-0.25, -0.2) is 0 Å². The van der Waals surface area contributed by atoms with Crippen LogP contribution in [0.3, 0.4) is 0 Å². The van der Waals surface area contributed by atoms with Crippen LogP contribution in [0.4, 0.5) is 0 Å². The Hall–Kier alpha value is -0.420. The second-order valence-corrected chi connectivity index (χ2v) is 3.42. The lowest BCUT2D eigenvalue weighted by atomic mass is 10.1. The topological polar surface area (TPSA) is 34.1 Å². The van der Waals surface area contributed by atoms with Crippen LogP contribution in [-0.4, -0.2) is 9.03 Å². The average Bonchev–Trinajstić information content (AvgIpc) is 2.04. The van der Waals surface area contributed by atoms with Crippen molar-refractivity contribution in [3.05, 3.63) is 35.4 Å². The number of rotatable bonds is 2. The Morgan fingerprint density at radius 1 is 1.17 bits per heavy atom. The van der Waals surface area contributed by atoms with Crippen LogP contribution in [0.15, 0.2) is 24.3 Å². The fraction of sp³-hybridized carbons (Fsp3) is 0. The smallest absolute Gasteiger partial charge is 0.253 e.